The minimum absolute atomic E-state index is 0.0603. The van der Waals surface area contributed by atoms with E-state index >= 15 is 0 Å². The lowest BCUT2D eigenvalue weighted by molar-refractivity contribution is 0.0524. The van der Waals surface area contributed by atoms with Crippen molar-refractivity contribution in [1.29, 1.82) is 5.26 Å². The van der Waals surface area contributed by atoms with Gasteiger partial charge in [-0.2, -0.15) is 5.26 Å². The van der Waals surface area contributed by atoms with Crippen molar-refractivity contribution < 1.29 is 17.9 Å². The van der Waals surface area contributed by atoms with E-state index in [1.165, 1.54) is 12.1 Å². The lowest BCUT2D eigenvalue weighted by atomic mass is 10.0. The van der Waals surface area contributed by atoms with Crippen LogP contribution in [0.15, 0.2) is 80.0 Å². The van der Waals surface area contributed by atoms with Crippen LogP contribution in [0.4, 0.5) is 0 Å². The molecule has 0 unspecified atom stereocenters. The second kappa shape index (κ2) is 9.41. The number of aromatic nitrogens is 2. The quantitative estimate of drug-likeness (QED) is 0.329. The van der Waals surface area contributed by atoms with Gasteiger partial charge in [0, 0.05) is 10.4 Å². The number of fused-ring (bicyclic) bond motifs is 2. The Morgan fingerprint density at radius 3 is 2.29 bits per heavy atom. The van der Waals surface area contributed by atoms with Crippen LogP contribution in [0.25, 0.3) is 27.0 Å². The third kappa shape index (κ3) is 3.73. The minimum atomic E-state index is -4.42. The van der Waals surface area contributed by atoms with Crippen molar-refractivity contribution in [2.75, 3.05) is 6.61 Å². The molecule has 0 radical (unpaired) electrons. The minimum Gasteiger partial charge on any atom is -0.462 e. The highest BCUT2D eigenvalue weighted by atomic mass is 32.2. The Balaban J connectivity index is 2.13. The lowest BCUT2D eigenvalue weighted by Gasteiger charge is -2.18. The number of nitrogens with one attached hydrogen (secondary N) is 1. The molecule has 3 aromatic heterocycles. The van der Waals surface area contributed by atoms with Crippen molar-refractivity contribution in [3.63, 3.8) is 0 Å². The van der Waals surface area contributed by atoms with Crippen molar-refractivity contribution in [2.45, 2.75) is 23.6 Å². The zero-order valence-corrected chi connectivity index (χ0v) is 21.8. The fourth-order valence-electron chi connectivity index (χ4n) is 4.40. The number of pyridine rings is 1. The van der Waals surface area contributed by atoms with Crippen molar-refractivity contribution in [1.82, 2.24) is 9.38 Å². The van der Waals surface area contributed by atoms with Crippen LogP contribution >= 0.6 is 11.3 Å². The van der Waals surface area contributed by atoms with Crippen molar-refractivity contribution in [2.24, 2.45) is 0 Å². The van der Waals surface area contributed by atoms with Gasteiger partial charge in [-0.05, 0) is 31.5 Å². The molecule has 0 spiro atoms. The van der Waals surface area contributed by atoms with Crippen LogP contribution in [0.5, 0.6) is 0 Å². The second-order valence-electron chi connectivity index (χ2n) is 8.25. The summed E-state index contributed by atoms with van der Waals surface area (Å²) in [7, 11) is -4.42. The average Bonchev–Trinajstić information content (AvgIpc) is 3.24. The van der Waals surface area contributed by atoms with E-state index in [9.17, 15) is 28.1 Å². The number of carbonyl (C=O) groups excluding carboxylic acids is 1. The summed E-state index contributed by atoms with van der Waals surface area (Å²) >= 11 is 1.09. The number of benzene rings is 2. The molecule has 0 saturated heterocycles. The van der Waals surface area contributed by atoms with Gasteiger partial charge in [-0.3, -0.25) is 9.59 Å². The molecule has 0 aliphatic rings. The summed E-state index contributed by atoms with van der Waals surface area (Å²) < 4.78 is 34.2. The van der Waals surface area contributed by atoms with Gasteiger partial charge in [-0.25, -0.2) is 17.6 Å². The number of thiophene rings is 1. The van der Waals surface area contributed by atoms with E-state index in [0.717, 1.165) is 11.3 Å². The van der Waals surface area contributed by atoms with Crippen molar-refractivity contribution >= 4 is 43.0 Å². The zero-order valence-electron chi connectivity index (χ0n) is 20.1. The third-order valence-electron chi connectivity index (χ3n) is 6.04. The lowest BCUT2D eigenvalue weighted by Crippen LogP contribution is -2.34. The predicted molar refractivity (Wildman–Crippen MR) is 142 cm³/mol. The highest BCUT2D eigenvalue weighted by Crippen LogP contribution is 2.37. The Kier molecular flexibility index (Phi) is 6.22. The molecule has 11 heteroatoms. The predicted octanol–water partition coefficient (Wildman–Crippen LogP) is 4.06. The van der Waals surface area contributed by atoms with Gasteiger partial charge in [0.1, 0.15) is 27.0 Å². The van der Waals surface area contributed by atoms with Gasteiger partial charge in [0.2, 0.25) is 9.84 Å². The van der Waals surface area contributed by atoms with Crippen LogP contribution in [0.2, 0.25) is 0 Å². The zero-order chi connectivity index (χ0) is 27.2. The standard InChI is InChI=1S/C27H19N3O6S2/c1-3-36-27(33)21-19(16-10-6-4-7-11-16)22(38(34,35)17-12-8-5-9-13-17)23-29-24-20(18(14-28)15(2)37-24)25(31)30(23)26(21)32/h4-13,29H,3H2,1-2H3. The SMILES string of the molecule is CCOC(=O)c1c(-c2ccccc2)c(S(=O)(=O)c2ccccc2)c2[nH]c3sc(C)c(C#N)c3c(=O)n2c1=O. The number of H-pyrrole nitrogens is 1. The third-order valence-corrected chi connectivity index (χ3v) is 8.89. The molecular weight excluding hydrogens is 526 g/mol. The van der Waals surface area contributed by atoms with E-state index < -0.39 is 37.4 Å². The summed E-state index contributed by atoms with van der Waals surface area (Å²) in [5.74, 6) is -1.07. The molecule has 3 heterocycles. The number of nitrogens with zero attached hydrogens (tertiary/aromatic N) is 2. The number of carbonyl (C=O) groups is 1. The van der Waals surface area contributed by atoms with Gasteiger partial charge in [-0.15, -0.1) is 11.3 Å². The van der Waals surface area contributed by atoms with Gasteiger partial charge >= 0.3 is 5.97 Å². The molecule has 0 aliphatic heterocycles. The fourth-order valence-corrected chi connectivity index (χ4v) is 7.03. The molecule has 0 amide bonds. The topological polar surface area (TPSA) is 139 Å². The molecule has 2 aromatic carbocycles. The fraction of sp³-hybridized carbons (Fsp3) is 0.111. The van der Waals surface area contributed by atoms with E-state index in [0.29, 0.717) is 9.28 Å². The number of aromatic amines is 1. The van der Waals surface area contributed by atoms with E-state index in [2.05, 4.69) is 4.98 Å². The Bertz CT molecular complexity index is 2020. The monoisotopic (exact) mass is 545 g/mol. The Morgan fingerprint density at radius 1 is 1.05 bits per heavy atom. The summed E-state index contributed by atoms with van der Waals surface area (Å²) in [5, 5.41) is 9.60. The number of nitriles is 1. The van der Waals surface area contributed by atoms with Crippen LogP contribution in [0.3, 0.4) is 0 Å². The molecule has 38 heavy (non-hydrogen) atoms. The molecule has 9 nitrogen and oxygen atoms in total. The van der Waals surface area contributed by atoms with Crippen LogP contribution in [-0.2, 0) is 14.6 Å². The van der Waals surface area contributed by atoms with Crippen LogP contribution in [-0.4, -0.2) is 30.4 Å². The maximum absolute atomic E-state index is 14.2. The highest BCUT2D eigenvalue weighted by Gasteiger charge is 2.34. The largest absolute Gasteiger partial charge is 0.462 e. The summed E-state index contributed by atoms with van der Waals surface area (Å²) in [6.07, 6.45) is 0. The molecule has 0 bridgehead atoms. The molecule has 0 aliphatic carbocycles. The van der Waals surface area contributed by atoms with Gasteiger partial charge in [0.25, 0.3) is 11.1 Å². The molecule has 5 rings (SSSR count). The Morgan fingerprint density at radius 2 is 1.68 bits per heavy atom. The number of esters is 1. The number of aryl methyl sites for hydroxylation is 1. The van der Waals surface area contributed by atoms with Crippen LogP contribution in [0.1, 0.15) is 27.7 Å². The number of rotatable bonds is 5. The highest BCUT2D eigenvalue weighted by molar-refractivity contribution is 7.91. The number of sulfone groups is 1. The van der Waals surface area contributed by atoms with Crippen molar-refractivity contribution in [3.8, 4) is 17.2 Å². The van der Waals surface area contributed by atoms with Gasteiger partial charge in [0.05, 0.1) is 22.5 Å². The van der Waals surface area contributed by atoms with Gasteiger partial charge in [0.15, 0.2) is 0 Å². The molecule has 190 valence electrons. The van der Waals surface area contributed by atoms with E-state index in [1.807, 2.05) is 6.07 Å². The average molecular weight is 546 g/mol. The number of hydrogen-bond acceptors (Lipinski definition) is 8. The molecular formula is C27H19N3O6S2. The number of ether oxygens (including phenoxy) is 1. The molecule has 1 N–H and O–H groups in total. The summed E-state index contributed by atoms with van der Waals surface area (Å²) in [5.41, 5.74) is -2.71. The Labute approximate surface area is 220 Å². The summed E-state index contributed by atoms with van der Waals surface area (Å²) in [4.78, 5) is 44.0. The summed E-state index contributed by atoms with van der Waals surface area (Å²) in [6.45, 7) is 3.10. The first-order chi connectivity index (χ1) is 18.2. The van der Waals surface area contributed by atoms with E-state index in [-0.39, 0.29) is 44.1 Å². The molecule has 0 saturated carbocycles. The summed E-state index contributed by atoms with van der Waals surface area (Å²) in [6, 6.07) is 17.6. The first-order valence-corrected chi connectivity index (χ1v) is 13.7. The normalized spacial score (nSPS) is 11.5. The number of hydrogen-bond donors (Lipinski definition) is 1. The van der Waals surface area contributed by atoms with Gasteiger partial charge < -0.3 is 9.72 Å². The van der Waals surface area contributed by atoms with Crippen molar-refractivity contribution in [3.05, 3.63) is 97.4 Å². The maximum atomic E-state index is 14.2. The maximum Gasteiger partial charge on any atom is 0.344 e. The molecule has 0 atom stereocenters. The smallest absolute Gasteiger partial charge is 0.344 e. The first kappa shape index (κ1) is 25.1. The van der Waals surface area contributed by atoms with E-state index in [4.69, 9.17) is 4.74 Å². The van der Waals surface area contributed by atoms with Gasteiger partial charge in [-0.1, -0.05) is 48.5 Å². The first-order valence-electron chi connectivity index (χ1n) is 11.4. The van der Waals surface area contributed by atoms with E-state index in [1.54, 1.807) is 62.4 Å². The molecule has 0 fully saturated rings. The molecule has 5 aromatic rings. The van der Waals surface area contributed by atoms with Crippen LogP contribution < -0.4 is 11.1 Å². The second-order valence-corrected chi connectivity index (χ2v) is 11.4. The Hall–Kier alpha value is -4.53. The van der Waals surface area contributed by atoms with Crippen LogP contribution in [0, 0.1) is 18.3 Å².